The second-order valence-corrected chi connectivity index (χ2v) is 3.89. The van der Waals surface area contributed by atoms with Gasteiger partial charge in [0.15, 0.2) is 17.1 Å². The van der Waals surface area contributed by atoms with Crippen LogP contribution in [0.25, 0.3) is 11.2 Å². The van der Waals surface area contributed by atoms with Crippen molar-refractivity contribution in [2.45, 2.75) is 12.8 Å². The fourth-order valence-electron chi connectivity index (χ4n) is 1.20. The molecule has 14 heavy (non-hydrogen) atoms. The summed E-state index contributed by atoms with van der Waals surface area (Å²) in [5, 5.41) is 0. The monoisotopic (exact) mass is 255 g/mol. The van der Waals surface area contributed by atoms with Gasteiger partial charge in [0.2, 0.25) is 0 Å². The van der Waals surface area contributed by atoms with Gasteiger partial charge in [0, 0.05) is 23.2 Å². The van der Waals surface area contributed by atoms with Crippen LogP contribution in [-0.2, 0) is 6.42 Å². The summed E-state index contributed by atoms with van der Waals surface area (Å²) in [6.07, 6.45) is 3.36. The minimum Gasteiger partial charge on any atom is -0.439 e. The highest BCUT2D eigenvalue weighted by molar-refractivity contribution is 9.10. The van der Waals surface area contributed by atoms with E-state index in [0.29, 0.717) is 23.7 Å². The maximum absolute atomic E-state index is 5.49. The van der Waals surface area contributed by atoms with E-state index in [-0.39, 0.29) is 0 Å². The van der Waals surface area contributed by atoms with E-state index in [1.807, 2.05) is 6.07 Å². The number of halogens is 1. The number of hydrogen-bond donors (Lipinski definition) is 1. The zero-order valence-corrected chi connectivity index (χ0v) is 9.12. The van der Waals surface area contributed by atoms with Crippen molar-refractivity contribution in [2.24, 2.45) is 5.73 Å². The summed E-state index contributed by atoms with van der Waals surface area (Å²) in [4.78, 5) is 8.36. The molecule has 0 amide bonds. The summed E-state index contributed by atoms with van der Waals surface area (Å²) in [6, 6.07) is 1.86. The van der Waals surface area contributed by atoms with E-state index in [2.05, 4.69) is 25.9 Å². The Balaban J connectivity index is 2.32. The Morgan fingerprint density at radius 3 is 3.14 bits per heavy atom. The molecule has 0 radical (unpaired) electrons. The van der Waals surface area contributed by atoms with Crippen molar-refractivity contribution in [1.82, 2.24) is 9.97 Å². The van der Waals surface area contributed by atoms with Gasteiger partial charge in [-0.2, -0.15) is 4.98 Å². The molecule has 0 aliphatic rings. The maximum Gasteiger partial charge on any atom is 0.198 e. The Labute approximate surface area is 89.6 Å². The van der Waals surface area contributed by atoms with E-state index >= 15 is 0 Å². The number of aromatic nitrogens is 2. The van der Waals surface area contributed by atoms with Crippen LogP contribution in [0.1, 0.15) is 12.3 Å². The van der Waals surface area contributed by atoms with Crippen molar-refractivity contribution in [3.8, 4) is 0 Å². The molecule has 0 saturated heterocycles. The molecule has 2 heterocycles. The van der Waals surface area contributed by atoms with Gasteiger partial charge >= 0.3 is 0 Å². The van der Waals surface area contributed by atoms with Gasteiger partial charge in [-0.1, -0.05) is 0 Å². The molecule has 4 nitrogen and oxygen atoms in total. The normalized spacial score (nSPS) is 11.0. The number of nitrogens with zero attached hydrogens (tertiary/aromatic N) is 2. The first kappa shape index (κ1) is 9.61. The van der Waals surface area contributed by atoms with E-state index in [1.165, 1.54) is 0 Å². The highest BCUT2D eigenvalue weighted by Crippen LogP contribution is 2.18. The Kier molecular flexibility index (Phi) is 2.79. The first-order chi connectivity index (χ1) is 6.79. The van der Waals surface area contributed by atoms with Gasteiger partial charge in [-0.05, 0) is 28.9 Å². The van der Waals surface area contributed by atoms with Crippen molar-refractivity contribution in [1.29, 1.82) is 0 Å². The predicted octanol–water partition coefficient (Wildman–Crippen LogP) is 1.88. The average Bonchev–Trinajstić information content (AvgIpc) is 2.56. The zero-order valence-electron chi connectivity index (χ0n) is 7.53. The summed E-state index contributed by atoms with van der Waals surface area (Å²) in [5.41, 5.74) is 6.77. The van der Waals surface area contributed by atoms with Crippen LogP contribution in [0.15, 0.2) is 21.2 Å². The lowest BCUT2D eigenvalue weighted by Crippen LogP contribution is -2.00. The molecule has 5 heteroatoms. The van der Waals surface area contributed by atoms with Crippen molar-refractivity contribution in [2.75, 3.05) is 6.54 Å². The highest BCUT2D eigenvalue weighted by atomic mass is 79.9. The van der Waals surface area contributed by atoms with Crippen molar-refractivity contribution >= 4 is 27.2 Å². The summed E-state index contributed by atoms with van der Waals surface area (Å²) in [6.45, 7) is 0.649. The van der Waals surface area contributed by atoms with E-state index < -0.39 is 0 Å². The molecule has 2 aromatic heterocycles. The third-order valence-electron chi connectivity index (χ3n) is 1.85. The molecule has 2 N–H and O–H groups in total. The average molecular weight is 256 g/mol. The van der Waals surface area contributed by atoms with Gasteiger partial charge in [-0.15, -0.1) is 0 Å². The Morgan fingerprint density at radius 1 is 1.50 bits per heavy atom. The second-order valence-electron chi connectivity index (χ2n) is 2.98. The highest BCUT2D eigenvalue weighted by Gasteiger charge is 2.06. The molecule has 0 saturated carbocycles. The topological polar surface area (TPSA) is 64.9 Å². The van der Waals surface area contributed by atoms with Crippen LogP contribution in [0.3, 0.4) is 0 Å². The largest absolute Gasteiger partial charge is 0.439 e. The van der Waals surface area contributed by atoms with E-state index in [0.717, 1.165) is 17.3 Å². The molecule has 0 aromatic carbocycles. The molecule has 0 atom stereocenters. The lowest BCUT2D eigenvalue weighted by Gasteiger charge is -1.89. The standard InChI is InChI=1S/C9H10BrN3O/c10-6-4-7-9(12-5-6)13-8(14-7)2-1-3-11/h4-5H,1-3,11H2. The van der Waals surface area contributed by atoms with Crippen molar-refractivity contribution in [3.63, 3.8) is 0 Å². The van der Waals surface area contributed by atoms with Crippen LogP contribution in [0.5, 0.6) is 0 Å². The van der Waals surface area contributed by atoms with Crippen molar-refractivity contribution in [3.05, 3.63) is 22.6 Å². The predicted molar refractivity (Wildman–Crippen MR) is 56.9 cm³/mol. The van der Waals surface area contributed by atoms with Gasteiger partial charge in [0.1, 0.15) is 0 Å². The molecule has 2 aromatic rings. The minimum absolute atomic E-state index is 0.649. The summed E-state index contributed by atoms with van der Waals surface area (Å²) < 4.78 is 6.39. The fourth-order valence-corrected chi connectivity index (χ4v) is 1.51. The minimum atomic E-state index is 0.649. The zero-order chi connectivity index (χ0) is 9.97. The maximum atomic E-state index is 5.49. The van der Waals surface area contributed by atoms with Gasteiger partial charge in [-0.25, -0.2) is 4.98 Å². The number of oxazole rings is 1. The lowest BCUT2D eigenvalue weighted by molar-refractivity contribution is 0.521. The van der Waals surface area contributed by atoms with Gasteiger partial charge < -0.3 is 10.2 Å². The number of rotatable bonds is 3. The van der Waals surface area contributed by atoms with Crippen LogP contribution in [-0.4, -0.2) is 16.5 Å². The first-order valence-electron chi connectivity index (χ1n) is 4.40. The van der Waals surface area contributed by atoms with Crippen molar-refractivity contribution < 1.29 is 4.42 Å². The SMILES string of the molecule is NCCCc1nc2ncc(Br)cc2o1. The Bertz CT molecular complexity index is 441. The third kappa shape index (κ3) is 1.93. The molecule has 0 spiro atoms. The van der Waals surface area contributed by atoms with Crippen LogP contribution in [0, 0.1) is 0 Å². The van der Waals surface area contributed by atoms with Crippen LogP contribution in [0.2, 0.25) is 0 Å². The quantitative estimate of drug-likeness (QED) is 0.910. The fraction of sp³-hybridized carbons (Fsp3) is 0.333. The summed E-state index contributed by atoms with van der Waals surface area (Å²) in [7, 11) is 0. The second kappa shape index (κ2) is 4.06. The van der Waals surface area contributed by atoms with Gasteiger partial charge in [-0.3, -0.25) is 0 Å². The molecular formula is C9H10BrN3O. The number of fused-ring (bicyclic) bond motifs is 1. The van der Waals surface area contributed by atoms with Crippen LogP contribution < -0.4 is 5.73 Å². The number of nitrogens with two attached hydrogens (primary N) is 1. The molecular weight excluding hydrogens is 246 g/mol. The summed E-state index contributed by atoms with van der Waals surface area (Å²) in [5.74, 6) is 0.705. The van der Waals surface area contributed by atoms with E-state index in [9.17, 15) is 0 Å². The van der Waals surface area contributed by atoms with Gasteiger partial charge in [0.05, 0.1) is 0 Å². The van der Waals surface area contributed by atoms with E-state index in [4.69, 9.17) is 10.2 Å². The summed E-state index contributed by atoms with van der Waals surface area (Å²) >= 11 is 3.32. The number of hydrogen-bond acceptors (Lipinski definition) is 4. The lowest BCUT2D eigenvalue weighted by atomic mass is 10.3. The molecule has 0 unspecified atom stereocenters. The molecule has 2 rings (SSSR count). The Morgan fingerprint density at radius 2 is 2.36 bits per heavy atom. The molecule has 0 bridgehead atoms. The van der Waals surface area contributed by atoms with Crippen LogP contribution >= 0.6 is 15.9 Å². The molecule has 74 valence electrons. The molecule has 0 aliphatic heterocycles. The number of pyridine rings is 1. The smallest absolute Gasteiger partial charge is 0.198 e. The van der Waals surface area contributed by atoms with Gasteiger partial charge in [0.25, 0.3) is 0 Å². The third-order valence-corrected chi connectivity index (χ3v) is 2.29. The van der Waals surface area contributed by atoms with Crippen LogP contribution in [0.4, 0.5) is 0 Å². The number of aryl methyl sites for hydroxylation is 1. The molecule has 0 fully saturated rings. The molecule has 0 aliphatic carbocycles. The first-order valence-corrected chi connectivity index (χ1v) is 5.20. The Hall–Kier alpha value is -0.940. The van der Waals surface area contributed by atoms with E-state index in [1.54, 1.807) is 6.20 Å².